The zero-order valence-corrected chi connectivity index (χ0v) is 18.8. The number of hydrogen-bond acceptors (Lipinski definition) is 5. The van der Waals surface area contributed by atoms with Crippen LogP contribution in [-0.4, -0.2) is 17.7 Å². The van der Waals surface area contributed by atoms with E-state index >= 15 is 0 Å². The highest BCUT2D eigenvalue weighted by Gasteiger charge is 2.39. The third-order valence-corrected chi connectivity index (χ3v) is 6.41. The van der Waals surface area contributed by atoms with Crippen molar-refractivity contribution in [3.63, 3.8) is 0 Å². The number of carbonyl (C=O) groups excluding carboxylic acids is 1. The number of benzene rings is 2. The van der Waals surface area contributed by atoms with Crippen LogP contribution in [0.3, 0.4) is 0 Å². The van der Waals surface area contributed by atoms with Gasteiger partial charge in [0.25, 0.3) is 0 Å². The van der Waals surface area contributed by atoms with Crippen LogP contribution in [0, 0.1) is 17.1 Å². The smallest absolute Gasteiger partial charge is 0.161 e. The van der Waals surface area contributed by atoms with Gasteiger partial charge in [0.1, 0.15) is 18.2 Å². The molecule has 2 aromatic rings. The van der Waals surface area contributed by atoms with Crippen molar-refractivity contribution in [3.05, 3.63) is 86.1 Å². The first-order chi connectivity index (χ1) is 15.3. The highest BCUT2D eigenvalue weighted by Crippen LogP contribution is 2.46. The maximum Gasteiger partial charge on any atom is 0.161 e. The summed E-state index contributed by atoms with van der Waals surface area (Å²) in [5.41, 5.74) is 8.84. The average Bonchev–Trinajstić information content (AvgIpc) is 2.76. The zero-order chi connectivity index (χ0) is 23.0. The zero-order valence-electron chi connectivity index (χ0n) is 17.3. The van der Waals surface area contributed by atoms with E-state index in [1.165, 1.54) is 6.07 Å². The Morgan fingerprint density at radius 2 is 1.94 bits per heavy atom. The molecule has 0 saturated heterocycles. The second-order valence-electron chi connectivity index (χ2n) is 7.73. The van der Waals surface area contributed by atoms with Crippen molar-refractivity contribution in [2.75, 3.05) is 7.05 Å². The summed E-state index contributed by atoms with van der Waals surface area (Å²) in [6, 6.07) is 11.7. The first-order valence-corrected chi connectivity index (χ1v) is 10.8. The minimum absolute atomic E-state index is 0.0181. The minimum Gasteiger partial charge on any atom is -0.486 e. The van der Waals surface area contributed by atoms with Crippen molar-refractivity contribution in [2.45, 2.75) is 31.8 Å². The van der Waals surface area contributed by atoms with Crippen molar-refractivity contribution >= 4 is 29.0 Å². The van der Waals surface area contributed by atoms with Gasteiger partial charge < -0.3 is 15.4 Å². The molecule has 1 aliphatic carbocycles. The Kier molecular flexibility index (Phi) is 6.14. The maximum atomic E-state index is 13.9. The van der Waals surface area contributed by atoms with Crippen LogP contribution in [0.2, 0.25) is 10.0 Å². The normalized spacial score (nSPS) is 18.5. The van der Waals surface area contributed by atoms with Crippen molar-refractivity contribution < 1.29 is 13.9 Å². The Morgan fingerprint density at radius 3 is 2.59 bits per heavy atom. The number of ketones is 1. The van der Waals surface area contributed by atoms with E-state index in [-0.39, 0.29) is 33.8 Å². The maximum absolute atomic E-state index is 13.9. The van der Waals surface area contributed by atoms with Gasteiger partial charge in [-0.15, -0.1) is 0 Å². The van der Waals surface area contributed by atoms with Gasteiger partial charge in [-0.05, 0) is 36.6 Å². The molecule has 8 heteroatoms. The lowest BCUT2D eigenvalue weighted by molar-refractivity contribution is -0.116. The van der Waals surface area contributed by atoms with Gasteiger partial charge in [-0.1, -0.05) is 41.4 Å². The van der Waals surface area contributed by atoms with Crippen molar-refractivity contribution in [2.24, 2.45) is 5.73 Å². The molecular weight excluding hydrogens is 452 g/mol. The van der Waals surface area contributed by atoms with Crippen molar-refractivity contribution in [1.82, 2.24) is 4.90 Å². The summed E-state index contributed by atoms with van der Waals surface area (Å²) in [6.45, 7) is -0.0518. The number of nitriles is 1. The fourth-order valence-electron chi connectivity index (χ4n) is 4.25. The molecule has 0 spiro atoms. The standard InChI is InChI=1S/C24H20Cl2FN3O2/c1-30-19-7-4-8-20(31)22(19)21(15(11-28)24(30)29)14-9-16(25)23(17(26)10-14)32-12-13-5-2-3-6-18(13)27/h2-3,5-6,9-10,21H,4,7-8,12,29H2,1H3/t21-/m0/s1. The van der Waals surface area contributed by atoms with Crippen LogP contribution < -0.4 is 10.5 Å². The van der Waals surface area contributed by atoms with Crippen LogP contribution in [-0.2, 0) is 11.4 Å². The van der Waals surface area contributed by atoms with E-state index < -0.39 is 11.7 Å². The van der Waals surface area contributed by atoms with Gasteiger partial charge in [0.05, 0.1) is 27.6 Å². The second-order valence-corrected chi connectivity index (χ2v) is 8.55. The van der Waals surface area contributed by atoms with Crippen LogP contribution >= 0.6 is 23.2 Å². The van der Waals surface area contributed by atoms with Crippen molar-refractivity contribution in [3.8, 4) is 11.8 Å². The number of halogens is 3. The van der Waals surface area contributed by atoms with Gasteiger partial charge >= 0.3 is 0 Å². The predicted octanol–water partition coefficient (Wildman–Crippen LogP) is 5.44. The molecule has 2 aromatic carbocycles. The van der Waals surface area contributed by atoms with Gasteiger partial charge in [-0.25, -0.2) is 4.39 Å². The molecule has 0 fully saturated rings. The molecule has 0 radical (unpaired) electrons. The number of Topliss-reactive ketones (excluding diaryl/α,β-unsaturated/α-hetero) is 1. The molecule has 0 saturated carbocycles. The topological polar surface area (TPSA) is 79.3 Å². The predicted molar refractivity (Wildman–Crippen MR) is 120 cm³/mol. The summed E-state index contributed by atoms with van der Waals surface area (Å²) in [5.74, 6) is -0.562. The van der Waals surface area contributed by atoms with Crippen LogP contribution in [0.1, 0.15) is 36.3 Å². The highest BCUT2D eigenvalue weighted by molar-refractivity contribution is 6.37. The van der Waals surface area contributed by atoms with Crippen molar-refractivity contribution in [1.29, 1.82) is 5.26 Å². The molecule has 2 N–H and O–H groups in total. The lowest BCUT2D eigenvalue weighted by atomic mass is 9.76. The van der Waals surface area contributed by atoms with E-state index in [0.717, 1.165) is 12.1 Å². The van der Waals surface area contributed by atoms with E-state index in [9.17, 15) is 14.4 Å². The quantitative estimate of drug-likeness (QED) is 0.641. The third-order valence-electron chi connectivity index (χ3n) is 5.85. The van der Waals surface area contributed by atoms with Gasteiger partial charge in [-0.3, -0.25) is 4.79 Å². The van der Waals surface area contributed by atoms with E-state index in [2.05, 4.69) is 6.07 Å². The molecule has 1 heterocycles. The van der Waals surface area contributed by atoms with Crippen LogP contribution in [0.25, 0.3) is 0 Å². The summed E-state index contributed by atoms with van der Waals surface area (Å²) in [6.07, 6.45) is 1.83. The SMILES string of the molecule is CN1C(N)=C(C#N)[C@H](c2cc(Cl)c(OCc3ccccc3F)c(Cl)c2)C2=C1CCCC2=O. The van der Waals surface area contributed by atoms with Crippen LogP contribution in [0.15, 0.2) is 59.1 Å². The van der Waals surface area contributed by atoms with Crippen LogP contribution in [0.5, 0.6) is 5.75 Å². The van der Waals surface area contributed by atoms with E-state index in [1.54, 1.807) is 42.3 Å². The van der Waals surface area contributed by atoms with E-state index in [0.29, 0.717) is 35.4 Å². The summed E-state index contributed by atoms with van der Waals surface area (Å²) >= 11 is 13.0. The molecule has 0 bridgehead atoms. The number of nitrogens with zero attached hydrogens (tertiary/aromatic N) is 2. The number of hydrogen-bond donors (Lipinski definition) is 1. The fourth-order valence-corrected chi connectivity index (χ4v) is 4.86. The van der Waals surface area contributed by atoms with Gasteiger partial charge in [0.2, 0.25) is 0 Å². The monoisotopic (exact) mass is 471 g/mol. The molecule has 5 nitrogen and oxygen atoms in total. The molecule has 1 aliphatic heterocycles. The molecule has 164 valence electrons. The Morgan fingerprint density at radius 1 is 1.25 bits per heavy atom. The average molecular weight is 472 g/mol. The largest absolute Gasteiger partial charge is 0.486 e. The molecule has 1 atom stereocenters. The summed E-state index contributed by atoms with van der Waals surface area (Å²) in [4.78, 5) is 14.6. The summed E-state index contributed by atoms with van der Waals surface area (Å²) < 4.78 is 19.6. The summed E-state index contributed by atoms with van der Waals surface area (Å²) in [7, 11) is 1.76. The first-order valence-electron chi connectivity index (χ1n) is 10.1. The van der Waals surface area contributed by atoms with E-state index in [4.69, 9.17) is 33.7 Å². The Labute approximate surface area is 195 Å². The molecule has 0 aromatic heterocycles. The molecule has 0 unspecified atom stereocenters. The lowest BCUT2D eigenvalue weighted by Gasteiger charge is -2.37. The Hall–Kier alpha value is -3.01. The molecule has 4 rings (SSSR count). The lowest BCUT2D eigenvalue weighted by Crippen LogP contribution is -2.36. The third kappa shape index (κ3) is 3.83. The fraction of sp³-hybridized carbons (Fsp3) is 0.250. The molecular formula is C24H20Cl2FN3O2. The first kappa shape index (κ1) is 22.2. The Bertz CT molecular complexity index is 1190. The second kappa shape index (κ2) is 8.85. The number of allylic oxidation sites excluding steroid dienone is 3. The molecule has 2 aliphatic rings. The highest BCUT2D eigenvalue weighted by atomic mass is 35.5. The number of nitrogens with two attached hydrogens (primary N) is 1. The number of carbonyl (C=O) groups is 1. The van der Waals surface area contributed by atoms with Gasteiger partial charge in [-0.2, -0.15) is 5.26 Å². The molecule has 0 amide bonds. The van der Waals surface area contributed by atoms with E-state index in [1.807, 2.05) is 0 Å². The van der Waals surface area contributed by atoms with Gasteiger partial charge in [0, 0.05) is 30.3 Å². The minimum atomic E-state index is -0.658. The number of ether oxygens (including phenoxy) is 1. The van der Waals surface area contributed by atoms with Gasteiger partial charge in [0.15, 0.2) is 11.5 Å². The van der Waals surface area contributed by atoms with Crippen LogP contribution in [0.4, 0.5) is 4.39 Å². The molecule has 32 heavy (non-hydrogen) atoms. The number of rotatable bonds is 4. The summed E-state index contributed by atoms with van der Waals surface area (Å²) in [5, 5.41) is 10.2. The Balaban J connectivity index is 1.74.